The van der Waals surface area contributed by atoms with Crippen LogP contribution in [-0.4, -0.2) is 28.1 Å². The Bertz CT molecular complexity index is 616. The SMILES string of the molecule is C[C@@H](N[C@H](C)[C@@H](O)c1ccc(O)cc1)C(=O)c1ccccc1.Cl. The van der Waals surface area contributed by atoms with Gasteiger partial charge in [-0.3, -0.25) is 4.79 Å². The van der Waals surface area contributed by atoms with Gasteiger partial charge in [0, 0.05) is 11.6 Å². The molecule has 2 aromatic rings. The van der Waals surface area contributed by atoms with E-state index in [1.807, 2.05) is 25.1 Å². The number of aliphatic hydroxyl groups is 1. The van der Waals surface area contributed by atoms with Gasteiger partial charge < -0.3 is 15.5 Å². The molecule has 5 heteroatoms. The van der Waals surface area contributed by atoms with E-state index < -0.39 is 12.1 Å². The highest BCUT2D eigenvalue weighted by Gasteiger charge is 2.22. The van der Waals surface area contributed by atoms with Crippen LogP contribution in [0.4, 0.5) is 0 Å². The van der Waals surface area contributed by atoms with Gasteiger partial charge in [-0.05, 0) is 31.5 Å². The average Bonchev–Trinajstić information content (AvgIpc) is 2.54. The molecule has 23 heavy (non-hydrogen) atoms. The van der Waals surface area contributed by atoms with E-state index in [2.05, 4.69) is 5.32 Å². The van der Waals surface area contributed by atoms with Crippen molar-refractivity contribution in [3.05, 3.63) is 65.7 Å². The van der Waals surface area contributed by atoms with E-state index in [1.54, 1.807) is 31.2 Å². The van der Waals surface area contributed by atoms with Crippen LogP contribution in [0.2, 0.25) is 0 Å². The fraction of sp³-hybridized carbons (Fsp3) is 0.278. The smallest absolute Gasteiger partial charge is 0.179 e. The maximum absolute atomic E-state index is 12.3. The first-order valence-corrected chi connectivity index (χ1v) is 7.31. The standard InChI is InChI=1S/C18H21NO3.ClH/c1-12(17(21)14-6-4-3-5-7-14)19-13(2)18(22)15-8-10-16(20)11-9-15;/h3-13,18-20,22H,1-2H3;1H/t12-,13-,18-;/m1./s1. The van der Waals surface area contributed by atoms with Crippen LogP contribution >= 0.6 is 12.4 Å². The molecular formula is C18H22ClNO3. The third kappa shape index (κ3) is 5.06. The number of ketones is 1. The Labute approximate surface area is 142 Å². The van der Waals surface area contributed by atoms with E-state index in [-0.39, 0.29) is 30.0 Å². The summed E-state index contributed by atoms with van der Waals surface area (Å²) in [5, 5.41) is 22.7. The Balaban J connectivity index is 0.00000264. The molecule has 0 amide bonds. The molecule has 0 saturated heterocycles. The van der Waals surface area contributed by atoms with Gasteiger partial charge in [0.15, 0.2) is 5.78 Å². The minimum absolute atomic E-state index is 0. The summed E-state index contributed by atoms with van der Waals surface area (Å²) in [6.07, 6.45) is -0.758. The summed E-state index contributed by atoms with van der Waals surface area (Å²) in [4.78, 5) is 12.3. The largest absolute Gasteiger partial charge is 0.508 e. The van der Waals surface area contributed by atoms with Crippen LogP contribution in [0.25, 0.3) is 0 Å². The van der Waals surface area contributed by atoms with Crippen molar-refractivity contribution >= 4 is 18.2 Å². The number of phenols is 1. The number of halogens is 1. The Kier molecular flexibility index (Phi) is 7.23. The molecule has 0 heterocycles. The van der Waals surface area contributed by atoms with E-state index in [9.17, 15) is 15.0 Å². The fourth-order valence-corrected chi connectivity index (χ4v) is 2.37. The van der Waals surface area contributed by atoms with Gasteiger partial charge >= 0.3 is 0 Å². The van der Waals surface area contributed by atoms with Crippen molar-refractivity contribution in [1.82, 2.24) is 5.32 Å². The number of aromatic hydroxyl groups is 1. The fourth-order valence-electron chi connectivity index (χ4n) is 2.37. The quantitative estimate of drug-likeness (QED) is 0.709. The van der Waals surface area contributed by atoms with Crippen LogP contribution in [0, 0.1) is 0 Å². The van der Waals surface area contributed by atoms with Crippen LogP contribution in [0.5, 0.6) is 5.75 Å². The number of Topliss-reactive ketones (excluding diaryl/α,β-unsaturated/α-hetero) is 1. The molecule has 0 radical (unpaired) electrons. The molecule has 0 fully saturated rings. The topological polar surface area (TPSA) is 69.6 Å². The third-order valence-electron chi connectivity index (χ3n) is 3.67. The first-order chi connectivity index (χ1) is 10.5. The maximum atomic E-state index is 12.3. The lowest BCUT2D eigenvalue weighted by Crippen LogP contribution is -2.42. The lowest BCUT2D eigenvalue weighted by Gasteiger charge is -2.24. The zero-order valence-corrected chi connectivity index (χ0v) is 14.0. The lowest BCUT2D eigenvalue weighted by atomic mass is 10.0. The second-order valence-corrected chi connectivity index (χ2v) is 5.44. The molecular weight excluding hydrogens is 314 g/mol. The normalized spacial score (nSPS) is 14.4. The summed E-state index contributed by atoms with van der Waals surface area (Å²) in [6.45, 7) is 3.61. The maximum Gasteiger partial charge on any atom is 0.179 e. The predicted molar refractivity (Wildman–Crippen MR) is 93.1 cm³/mol. The van der Waals surface area contributed by atoms with Crippen LogP contribution in [0.15, 0.2) is 54.6 Å². The molecule has 0 spiro atoms. The summed E-state index contributed by atoms with van der Waals surface area (Å²) in [5.41, 5.74) is 1.34. The number of rotatable bonds is 6. The first kappa shape index (κ1) is 19.2. The van der Waals surface area contributed by atoms with E-state index in [0.717, 1.165) is 0 Å². The van der Waals surface area contributed by atoms with Crippen molar-refractivity contribution < 1.29 is 15.0 Å². The van der Waals surface area contributed by atoms with Crippen molar-refractivity contribution in [1.29, 1.82) is 0 Å². The third-order valence-corrected chi connectivity index (χ3v) is 3.67. The van der Waals surface area contributed by atoms with E-state index >= 15 is 0 Å². The second kappa shape index (κ2) is 8.67. The van der Waals surface area contributed by atoms with Crippen molar-refractivity contribution in [3.63, 3.8) is 0 Å². The molecule has 0 bridgehead atoms. The van der Waals surface area contributed by atoms with Crippen molar-refractivity contribution in [2.75, 3.05) is 0 Å². The number of nitrogens with one attached hydrogen (secondary N) is 1. The molecule has 3 N–H and O–H groups in total. The first-order valence-electron chi connectivity index (χ1n) is 7.31. The molecule has 0 aliphatic carbocycles. The highest BCUT2D eigenvalue weighted by atomic mass is 35.5. The van der Waals surface area contributed by atoms with Crippen molar-refractivity contribution in [2.45, 2.75) is 32.0 Å². The molecule has 124 valence electrons. The highest BCUT2D eigenvalue weighted by molar-refractivity contribution is 5.99. The number of phenolic OH excluding ortho intramolecular Hbond substituents is 1. The summed E-state index contributed by atoms with van der Waals surface area (Å²) in [6, 6.07) is 14.8. The summed E-state index contributed by atoms with van der Waals surface area (Å²) in [7, 11) is 0. The lowest BCUT2D eigenvalue weighted by molar-refractivity contribution is 0.0902. The van der Waals surface area contributed by atoms with Crippen molar-refractivity contribution in [2.24, 2.45) is 0 Å². The molecule has 3 atom stereocenters. The van der Waals surface area contributed by atoms with Crippen LogP contribution in [0.3, 0.4) is 0 Å². The van der Waals surface area contributed by atoms with Gasteiger partial charge in [-0.2, -0.15) is 0 Å². The summed E-state index contributed by atoms with van der Waals surface area (Å²) in [5.74, 6) is 0.148. The van der Waals surface area contributed by atoms with Gasteiger partial charge in [0.2, 0.25) is 0 Å². The number of aliphatic hydroxyl groups excluding tert-OH is 1. The molecule has 2 rings (SSSR count). The van der Waals surface area contributed by atoms with Gasteiger partial charge in [-0.1, -0.05) is 42.5 Å². The summed E-state index contributed by atoms with van der Waals surface area (Å²) < 4.78 is 0. The van der Waals surface area contributed by atoms with Gasteiger partial charge in [-0.25, -0.2) is 0 Å². The molecule has 2 aromatic carbocycles. The molecule has 0 aromatic heterocycles. The van der Waals surface area contributed by atoms with Gasteiger partial charge in [0.05, 0.1) is 12.1 Å². The van der Waals surface area contributed by atoms with Gasteiger partial charge in [0.1, 0.15) is 5.75 Å². The Morgan fingerprint density at radius 1 is 1.00 bits per heavy atom. The Morgan fingerprint density at radius 3 is 2.13 bits per heavy atom. The number of hydrogen-bond donors (Lipinski definition) is 3. The average molecular weight is 336 g/mol. The number of hydrogen-bond acceptors (Lipinski definition) is 4. The van der Waals surface area contributed by atoms with Crippen LogP contribution < -0.4 is 5.32 Å². The summed E-state index contributed by atoms with van der Waals surface area (Å²) >= 11 is 0. The van der Waals surface area contributed by atoms with E-state index in [4.69, 9.17) is 0 Å². The minimum atomic E-state index is -0.758. The number of carbonyl (C=O) groups excluding carboxylic acids is 1. The molecule has 0 aliphatic rings. The molecule has 0 aliphatic heterocycles. The Hall–Kier alpha value is -1.88. The second-order valence-electron chi connectivity index (χ2n) is 5.44. The highest BCUT2D eigenvalue weighted by Crippen LogP contribution is 2.20. The Morgan fingerprint density at radius 2 is 1.57 bits per heavy atom. The predicted octanol–water partition coefficient (Wildman–Crippen LogP) is 3.10. The van der Waals surface area contributed by atoms with Crippen LogP contribution in [-0.2, 0) is 0 Å². The molecule has 0 saturated carbocycles. The van der Waals surface area contributed by atoms with Crippen molar-refractivity contribution in [3.8, 4) is 5.75 Å². The number of carbonyl (C=O) groups is 1. The van der Waals surface area contributed by atoms with Crippen LogP contribution in [0.1, 0.15) is 35.9 Å². The van der Waals surface area contributed by atoms with E-state index in [0.29, 0.717) is 11.1 Å². The van der Waals surface area contributed by atoms with E-state index in [1.165, 1.54) is 12.1 Å². The number of benzene rings is 2. The zero-order chi connectivity index (χ0) is 16.1. The van der Waals surface area contributed by atoms with Gasteiger partial charge in [-0.15, -0.1) is 12.4 Å². The monoisotopic (exact) mass is 335 g/mol. The minimum Gasteiger partial charge on any atom is -0.508 e. The van der Waals surface area contributed by atoms with Gasteiger partial charge in [0.25, 0.3) is 0 Å². The molecule has 0 unspecified atom stereocenters. The zero-order valence-electron chi connectivity index (χ0n) is 13.1. The molecule has 4 nitrogen and oxygen atoms in total.